The number of nitrogens with one attached hydrogen (secondary N) is 1. The van der Waals surface area contributed by atoms with Gasteiger partial charge in [-0.15, -0.1) is 0 Å². The first-order valence-electron chi connectivity index (χ1n) is 7.99. The Morgan fingerprint density at radius 3 is 2.33 bits per heavy atom. The summed E-state index contributed by atoms with van der Waals surface area (Å²) in [5.74, 6) is -1.54. The van der Waals surface area contributed by atoms with Gasteiger partial charge in [-0.1, -0.05) is 38.3 Å². The van der Waals surface area contributed by atoms with E-state index in [0.717, 1.165) is 43.0 Å². The molecule has 0 aliphatic carbocycles. The summed E-state index contributed by atoms with van der Waals surface area (Å²) in [6.45, 7) is 2.15. The fourth-order valence-corrected chi connectivity index (χ4v) is 3.43. The molecule has 2 rings (SSSR count). The van der Waals surface area contributed by atoms with E-state index in [0.29, 0.717) is 0 Å². The molecule has 1 N–H and O–H groups in total. The molecule has 0 saturated carbocycles. The van der Waals surface area contributed by atoms with Crippen LogP contribution in [0.15, 0.2) is 47.4 Å². The van der Waals surface area contributed by atoms with Crippen molar-refractivity contribution in [2.45, 2.75) is 43.9 Å². The van der Waals surface area contributed by atoms with Gasteiger partial charge in [0.1, 0.15) is 11.6 Å². The van der Waals surface area contributed by atoms with Crippen LogP contribution in [0.3, 0.4) is 0 Å². The van der Waals surface area contributed by atoms with Crippen LogP contribution in [0.2, 0.25) is 0 Å². The van der Waals surface area contributed by atoms with E-state index in [4.69, 9.17) is 0 Å². The molecule has 0 unspecified atom stereocenters. The zero-order valence-corrected chi connectivity index (χ0v) is 14.4. The Morgan fingerprint density at radius 2 is 1.67 bits per heavy atom. The van der Waals surface area contributed by atoms with Gasteiger partial charge in [0.25, 0.3) is 10.0 Å². The lowest BCUT2D eigenvalue weighted by Gasteiger charge is -2.10. The fraction of sp³-hybridized carbons (Fsp3) is 0.333. The SMILES string of the molecule is CCCCCCc1ccc(S(=O)(=O)Nc2cc(F)ccc2F)cc1. The molecule has 0 amide bonds. The molecule has 2 aromatic rings. The topological polar surface area (TPSA) is 46.2 Å². The lowest BCUT2D eigenvalue weighted by atomic mass is 10.1. The van der Waals surface area contributed by atoms with Crippen LogP contribution in [0.25, 0.3) is 0 Å². The minimum Gasteiger partial charge on any atom is -0.277 e. The molecule has 0 saturated heterocycles. The first-order chi connectivity index (χ1) is 11.4. The van der Waals surface area contributed by atoms with Crippen molar-refractivity contribution in [3.8, 4) is 0 Å². The first kappa shape index (κ1) is 18.4. The summed E-state index contributed by atoms with van der Waals surface area (Å²) in [7, 11) is -3.96. The van der Waals surface area contributed by atoms with Crippen LogP contribution in [-0.2, 0) is 16.4 Å². The van der Waals surface area contributed by atoms with Crippen LogP contribution in [0.4, 0.5) is 14.5 Å². The lowest BCUT2D eigenvalue weighted by Crippen LogP contribution is -2.14. The number of aryl methyl sites for hydroxylation is 1. The summed E-state index contributed by atoms with van der Waals surface area (Å²) in [5, 5.41) is 0. The molecular formula is C18H21F2NO2S. The van der Waals surface area contributed by atoms with E-state index in [1.54, 1.807) is 12.1 Å². The molecule has 24 heavy (non-hydrogen) atoms. The Labute approximate surface area is 141 Å². The predicted octanol–water partition coefficient (Wildman–Crippen LogP) is 4.89. The van der Waals surface area contributed by atoms with Gasteiger partial charge >= 0.3 is 0 Å². The molecule has 6 heteroatoms. The van der Waals surface area contributed by atoms with Crippen LogP contribution in [0, 0.1) is 11.6 Å². The van der Waals surface area contributed by atoms with Gasteiger partial charge in [-0.25, -0.2) is 17.2 Å². The first-order valence-corrected chi connectivity index (χ1v) is 9.47. The van der Waals surface area contributed by atoms with Crippen LogP contribution in [-0.4, -0.2) is 8.42 Å². The van der Waals surface area contributed by atoms with Crippen molar-refractivity contribution < 1.29 is 17.2 Å². The monoisotopic (exact) mass is 353 g/mol. The molecule has 0 aliphatic rings. The number of hydrogen-bond acceptors (Lipinski definition) is 2. The van der Waals surface area contributed by atoms with Crippen molar-refractivity contribution in [3.05, 3.63) is 59.7 Å². The normalized spacial score (nSPS) is 11.5. The van der Waals surface area contributed by atoms with Crippen LogP contribution in [0.1, 0.15) is 38.2 Å². The molecule has 0 bridgehead atoms. The summed E-state index contributed by atoms with van der Waals surface area (Å²) in [6, 6.07) is 9.09. The molecule has 0 aromatic heterocycles. The maximum absolute atomic E-state index is 13.6. The molecule has 130 valence electrons. The van der Waals surface area contributed by atoms with Gasteiger partial charge in [0.05, 0.1) is 10.6 Å². The number of halogens is 2. The molecule has 0 heterocycles. The average Bonchev–Trinajstić information content (AvgIpc) is 2.55. The molecule has 0 aliphatic heterocycles. The third-order valence-corrected chi connectivity index (χ3v) is 5.11. The molecular weight excluding hydrogens is 332 g/mol. The molecule has 0 fully saturated rings. The van der Waals surface area contributed by atoms with Crippen molar-refractivity contribution in [3.63, 3.8) is 0 Å². The largest absolute Gasteiger partial charge is 0.277 e. The Bertz CT molecular complexity index is 774. The van der Waals surface area contributed by atoms with Crippen molar-refractivity contribution in [1.29, 1.82) is 0 Å². The third-order valence-electron chi connectivity index (χ3n) is 3.73. The van der Waals surface area contributed by atoms with Crippen molar-refractivity contribution in [2.24, 2.45) is 0 Å². The highest BCUT2D eigenvalue weighted by atomic mass is 32.2. The van der Waals surface area contributed by atoms with E-state index in [1.807, 2.05) is 0 Å². The second kappa shape index (κ2) is 8.24. The number of unbranched alkanes of at least 4 members (excludes halogenated alkanes) is 3. The van der Waals surface area contributed by atoms with Gasteiger partial charge in [0.2, 0.25) is 0 Å². The summed E-state index contributed by atoms with van der Waals surface area (Å²) in [6.07, 6.45) is 5.46. The zero-order valence-electron chi connectivity index (χ0n) is 13.6. The van der Waals surface area contributed by atoms with Gasteiger partial charge in [0.15, 0.2) is 0 Å². The highest BCUT2D eigenvalue weighted by Gasteiger charge is 2.16. The van der Waals surface area contributed by atoms with E-state index >= 15 is 0 Å². The van der Waals surface area contributed by atoms with Gasteiger partial charge in [-0.2, -0.15) is 0 Å². The maximum atomic E-state index is 13.6. The van der Waals surface area contributed by atoms with Crippen molar-refractivity contribution in [2.75, 3.05) is 4.72 Å². The van der Waals surface area contributed by atoms with Gasteiger partial charge in [-0.05, 0) is 42.7 Å². The summed E-state index contributed by atoms with van der Waals surface area (Å²) >= 11 is 0. The van der Waals surface area contributed by atoms with E-state index in [1.165, 1.54) is 25.0 Å². The second-order valence-corrected chi connectivity index (χ2v) is 7.37. The van der Waals surface area contributed by atoms with Crippen LogP contribution >= 0.6 is 0 Å². The minimum absolute atomic E-state index is 0.0171. The smallest absolute Gasteiger partial charge is 0.261 e. The number of sulfonamides is 1. The van der Waals surface area contributed by atoms with E-state index in [9.17, 15) is 17.2 Å². The van der Waals surface area contributed by atoms with E-state index in [2.05, 4.69) is 11.6 Å². The number of anilines is 1. The van der Waals surface area contributed by atoms with Crippen LogP contribution in [0.5, 0.6) is 0 Å². The molecule has 0 atom stereocenters. The number of hydrogen-bond donors (Lipinski definition) is 1. The third kappa shape index (κ3) is 5.03. The Balaban J connectivity index is 2.08. The fourth-order valence-electron chi connectivity index (χ4n) is 2.37. The van der Waals surface area contributed by atoms with E-state index in [-0.39, 0.29) is 4.90 Å². The standard InChI is InChI=1S/C18H21F2NO2S/c1-2-3-4-5-6-14-7-10-16(11-8-14)24(22,23)21-18-13-15(19)9-12-17(18)20/h7-13,21H,2-6H2,1H3. The second-order valence-electron chi connectivity index (χ2n) is 5.68. The summed E-state index contributed by atoms with van der Waals surface area (Å²) in [5.41, 5.74) is 0.653. The van der Waals surface area contributed by atoms with E-state index < -0.39 is 27.3 Å². The number of rotatable bonds is 8. The predicted molar refractivity (Wildman–Crippen MR) is 91.5 cm³/mol. The maximum Gasteiger partial charge on any atom is 0.261 e. The quantitative estimate of drug-likeness (QED) is 0.687. The van der Waals surface area contributed by atoms with Crippen LogP contribution < -0.4 is 4.72 Å². The summed E-state index contributed by atoms with van der Waals surface area (Å²) in [4.78, 5) is 0.0171. The Hall–Kier alpha value is -1.95. The Kier molecular flexibility index (Phi) is 6.31. The molecule has 0 radical (unpaired) electrons. The van der Waals surface area contributed by atoms with Gasteiger partial charge < -0.3 is 0 Å². The lowest BCUT2D eigenvalue weighted by molar-refractivity contribution is 0.594. The van der Waals surface area contributed by atoms with Gasteiger partial charge in [-0.3, -0.25) is 4.72 Å². The molecule has 2 aromatic carbocycles. The number of benzene rings is 2. The minimum atomic E-state index is -3.96. The highest BCUT2D eigenvalue weighted by Crippen LogP contribution is 2.21. The molecule has 3 nitrogen and oxygen atoms in total. The molecule has 0 spiro atoms. The van der Waals surface area contributed by atoms with Crippen molar-refractivity contribution in [1.82, 2.24) is 0 Å². The Morgan fingerprint density at radius 1 is 0.958 bits per heavy atom. The van der Waals surface area contributed by atoms with Gasteiger partial charge in [0, 0.05) is 6.07 Å². The van der Waals surface area contributed by atoms with Crippen molar-refractivity contribution >= 4 is 15.7 Å². The zero-order chi connectivity index (χ0) is 17.6. The highest BCUT2D eigenvalue weighted by molar-refractivity contribution is 7.92. The summed E-state index contributed by atoms with van der Waals surface area (Å²) < 4.78 is 53.4. The average molecular weight is 353 g/mol.